The van der Waals surface area contributed by atoms with Gasteiger partial charge in [0.25, 0.3) is 0 Å². The van der Waals surface area contributed by atoms with Gasteiger partial charge in [-0.15, -0.1) is 0 Å². The van der Waals surface area contributed by atoms with Gasteiger partial charge in [-0.05, 0) is 23.4 Å². The molecule has 30 heavy (non-hydrogen) atoms. The fourth-order valence-electron chi connectivity index (χ4n) is 4.13. The van der Waals surface area contributed by atoms with Crippen molar-refractivity contribution in [1.29, 1.82) is 0 Å². The molecule has 4 aromatic rings. The zero-order valence-corrected chi connectivity index (χ0v) is 18.0. The van der Waals surface area contributed by atoms with Crippen LogP contribution < -0.4 is 5.73 Å². The molecule has 2 aromatic heterocycles. The largest absolute Gasteiger partial charge is 0.382 e. The van der Waals surface area contributed by atoms with Gasteiger partial charge in [0.1, 0.15) is 5.52 Å². The summed E-state index contributed by atoms with van der Waals surface area (Å²) in [6, 6.07) is 17.0. The van der Waals surface area contributed by atoms with E-state index < -0.39 is 0 Å². The SMILES string of the molecule is COC1CN(Cc2ccc(Cn3c(SC)nc4c(N)nc5ccccc5c43)cc2)C1. The van der Waals surface area contributed by atoms with Gasteiger partial charge in [-0.25, -0.2) is 9.97 Å². The lowest BCUT2D eigenvalue weighted by Crippen LogP contribution is -2.50. The number of nitrogen functional groups attached to an aromatic ring is 1. The monoisotopic (exact) mass is 419 g/mol. The molecule has 1 aliphatic heterocycles. The van der Waals surface area contributed by atoms with Gasteiger partial charge in [-0.2, -0.15) is 0 Å². The fourth-order valence-corrected chi connectivity index (χ4v) is 4.69. The lowest BCUT2D eigenvalue weighted by atomic mass is 10.1. The number of para-hydroxylation sites is 1. The predicted octanol–water partition coefficient (Wildman–Crippen LogP) is 3.77. The second-order valence-electron chi connectivity index (χ2n) is 7.76. The Balaban J connectivity index is 1.46. The number of methoxy groups -OCH3 is 1. The molecule has 1 fully saturated rings. The van der Waals surface area contributed by atoms with Gasteiger partial charge in [0.05, 0.1) is 23.7 Å². The van der Waals surface area contributed by atoms with Gasteiger partial charge in [0, 0.05) is 32.1 Å². The van der Waals surface area contributed by atoms with Gasteiger partial charge >= 0.3 is 0 Å². The van der Waals surface area contributed by atoms with E-state index in [1.54, 1.807) is 18.9 Å². The number of rotatable bonds is 6. The van der Waals surface area contributed by atoms with Crippen molar-refractivity contribution in [3.63, 3.8) is 0 Å². The number of aromatic nitrogens is 3. The van der Waals surface area contributed by atoms with Crippen LogP contribution in [0.15, 0.2) is 53.7 Å². The average Bonchev–Trinajstić information content (AvgIpc) is 3.11. The lowest BCUT2D eigenvalue weighted by molar-refractivity contribution is -0.0333. The first kappa shape index (κ1) is 19.4. The Bertz CT molecular complexity index is 1200. The van der Waals surface area contributed by atoms with Crippen molar-refractivity contribution >= 4 is 39.5 Å². The molecular formula is C23H25N5OS. The van der Waals surface area contributed by atoms with Crippen molar-refractivity contribution in [1.82, 2.24) is 19.4 Å². The van der Waals surface area contributed by atoms with Crippen LogP contribution in [0.1, 0.15) is 11.1 Å². The molecule has 1 aliphatic rings. The summed E-state index contributed by atoms with van der Waals surface area (Å²) < 4.78 is 7.62. The molecule has 5 rings (SSSR count). The number of hydrogen-bond acceptors (Lipinski definition) is 6. The van der Waals surface area contributed by atoms with Crippen molar-refractivity contribution in [2.75, 3.05) is 32.2 Å². The Kier molecular flexibility index (Phi) is 5.10. The van der Waals surface area contributed by atoms with Gasteiger partial charge in [-0.3, -0.25) is 4.90 Å². The molecule has 154 valence electrons. The maximum absolute atomic E-state index is 6.25. The number of likely N-dealkylation sites (tertiary alicyclic amines) is 1. The molecule has 0 radical (unpaired) electrons. The topological polar surface area (TPSA) is 69.2 Å². The molecule has 2 N–H and O–H groups in total. The Hall–Kier alpha value is -2.61. The van der Waals surface area contributed by atoms with Crippen molar-refractivity contribution in [3.05, 3.63) is 59.7 Å². The molecule has 0 unspecified atom stereocenters. The Morgan fingerprint density at radius 2 is 1.73 bits per heavy atom. The van der Waals surface area contributed by atoms with E-state index in [1.165, 1.54) is 11.1 Å². The van der Waals surface area contributed by atoms with Gasteiger partial charge in [0.2, 0.25) is 0 Å². The maximum Gasteiger partial charge on any atom is 0.169 e. The number of nitrogens with zero attached hydrogens (tertiary/aromatic N) is 4. The fraction of sp³-hybridized carbons (Fsp3) is 0.304. The minimum Gasteiger partial charge on any atom is -0.382 e. The molecule has 0 amide bonds. The molecule has 0 spiro atoms. The van der Waals surface area contributed by atoms with Crippen LogP contribution in [0.2, 0.25) is 0 Å². The number of pyridine rings is 1. The van der Waals surface area contributed by atoms with E-state index in [4.69, 9.17) is 15.5 Å². The van der Waals surface area contributed by atoms with E-state index in [1.807, 2.05) is 24.5 Å². The molecule has 6 nitrogen and oxygen atoms in total. The third-order valence-electron chi connectivity index (χ3n) is 5.78. The summed E-state index contributed by atoms with van der Waals surface area (Å²) in [6.07, 6.45) is 2.44. The van der Waals surface area contributed by atoms with Crippen molar-refractivity contribution < 1.29 is 4.74 Å². The second-order valence-corrected chi connectivity index (χ2v) is 8.54. The summed E-state index contributed by atoms with van der Waals surface area (Å²) in [5, 5.41) is 2.03. The predicted molar refractivity (Wildman–Crippen MR) is 123 cm³/mol. The quantitative estimate of drug-likeness (QED) is 0.480. The van der Waals surface area contributed by atoms with Gasteiger partial charge < -0.3 is 15.0 Å². The third kappa shape index (κ3) is 3.43. The highest BCUT2D eigenvalue weighted by Gasteiger charge is 2.26. The summed E-state index contributed by atoms with van der Waals surface area (Å²) in [6.45, 7) is 3.74. The number of thioether (sulfide) groups is 1. The van der Waals surface area contributed by atoms with Crippen molar-refractivity contribution in [2.24, 2.45) is 0 Å². The Morgan fingerprint density at radius 3 is 2.43 bits per heavy atom. The van der Waals surface area contributed by atoms with Crippen LogP contribution in [-0.4, -0.2) is 52.0 Å². The van der Waals surface area contributed by atoms with Crippen LogP contribution in [-0.2, 0) is 17.8 Å². The molecule has 0 aliphatic carbocycles. The first-order valence-corrected chi connectivity index (χ1v) is 11.3. The lowest BCUT2D eigenvalue weighted by Gasteiger charge is -2.38. The minimum absolute atomic E-state index is 0.389. The summed E-state index contributed by atoms with van der Waals surface area (Å²) in [5.74, 6) is 0.483. The number of benzene rings is 2. The van der Waals surface area contributed by atoms with Crippen LogP contribution in [0.25, 0.3) is 21.9 Å². The molecular weight excluding hydrogens is 394 g/mol. The summed E-state index contributed by atoms with van der Waals surface area (Å²) in [5.41, 5.74) is 11.5. The number of fused-ring (bicyclic) bond motifs is 3. The van der Waals surface area contributed by atoms with Gasteiger partial charge in [-0.1, -0.05) is 54.2 Å². The molecule has 3 heterocycles. The number of nitrogens with two attached hydrogens (primary N) is 1. The summed E-state index contributed by atoms with van der Waals surface area (Å²) in [4.78, 5) is 11.7. The molecule has 0 bridgehead atoms. The zero-order valence-electron chi connectivity index (χ0n) is 17.2. The normalized spacial score (nSPS) is 15.1. The highest BCUT2D eigenvalue weighted by Crippen LogP contribution is 2.32. The average molecular weight is 420 g/mol. The molecule has 2 aromatic carbocycles. The van der Waals surface area contributed by atoms with Crippen LogP contribution in [0.4, 0.5) is 5.82 Å². The van der Waals surface area contributed by atoms with E-state index in [-0.39, 0.29) is 0 Å². The summed E-state index contributed by atoms with van der Waals surface area (Å²) >= 11 is 1.63. The highest BCUT2D eigenvalue weighted by molar-refractivity contribution is 7.98. The van der Waals surface area contributed by atoms with E-state index in [9.17, 15) is 0 Å². The van der Waals surface area contributed by atoms with E-state index in [0.29, 0.717) is 11.9 Å². The molecule has 7 heteroatoms. The smallest absolute Gasteiger partial charge is 0.169 e. The second kappa shape index (κ2) is 7.91. The minimum atomic E-state index is 0.389. The maximum atomic E-state index is 6.25. The molecule has 1 saturated heterocycles. The Morgan fingerprint density at radius 1 is 1.03 bits per heavy atom. The van der Waals surface area contributed by atoms with E-state index in [0.717, 1.165) is 53.3 Å². The molecule has 0 saturated carbocycles. The van der Waals surface area contributed by atoms with Crippen molar-refractivity contribution in [2.45, 2.75) is 24.3 Å². The van der Waals surface area contributed by atoms with Crippen LogP contribution in [0.5, 0.6) is 0 Å². The first-order valence-electron chi connectivity index (χ1n) is 10.1. The number of hydrogen-bond donors (Lipinski definition) is 1. The summed E-state index contributed by atoms with van der Waals surface area (Å²) in [7, 11) is 1.78. The number of imidazole rings is 1. The number of anilines is 1. The van der Waals surface area contributed by atoms with E-state index in [2.05, 4.69) is 44.8 Å². The standard InChI is InChI=1S/C23H25N5OS/c1-29-17-13-27(14-17)11-15-7-9-16(10-8-15)12-28-21-18-5-3-4-6-19(18)25-22(24)20(21)26-23(28)30-2/h3-10,17H,11-14H2,1-2H3,(H2,24,25). The van der Waals surface area contributed by atoms with Crippen LogP contribution in [0, 0.1) is 0 Å². The van der Waals surface area contributed by atoms with Gasteiger partial charge in [0.15, 0.2) is 11.0 Å². The molecule has 0 atom stereocenters. The van der Waals surface area contributed by atoms with Crippen LogP contribution in [0.3, 0.4) is 0 Å². The van der Waals surface area contributed by atoms with Crippen LogP contribution >= 0.6 is 11.8 Å². The third-order valence-corrected chi connectivity index (χ3v) is 6.46. The van der Waals surface area contributed by atoms with Crippen molar-refractivity contribution in [3.8, 4) is 0 Å². The highest BCUT2D eigenvalue weighted by atomic mass is 32.2. The van der Waals surface area contributed by atoms with E-state index >= 15 is 0 Å². The number of ether oxygens (including phenoxy) is 1. The Labute approximate surface area is 180 Å². The zero-order chi connectivity index (χ0) is 20.7. The first-order chi connectivity index (χ1) is 14.7.